The van der Waals surface area contributed by atoms with E-state index in [-0.39, 0.29) is 38.6 Å². The van der Waals surface area contributed by atoms with Crippen molar-refractivity contribution in [3.63, 3.8) is 0 Å². The van der Waals surface area contributed by atoms with Gasteiger partial charge in [-0.25, -0.2) is 4.79 Å². The minimum absolute atomic E-state index is 0.0244. The first-order valence-corrected chi connectivity index (χ1v) is 7.20. The lowest BCUT2D eigenvalue weighted by atomic mass is 9.84. The quantitative estimate of drug-likeness (QED) is 0.792. The predicted molar refractivity (Wildman–Crippen MR) is 85.7 cm³/mol. The van der Waals surface area contributed by atoms with Crippen LogP contribution < -0.4 is 0 Å². The number of carbonyl (C=O) groups excluding carboxylic acids is 3. The van der Waals surface area contributed by atoms with Crippen molar-refractivity contribution in [2.45, 2.75) is 0 Å². The van der Waals surface area contributed by atoms with Gasteiger partial charge in [0.2, 0.25) is 5.78 Å². The maximum atomic E-state index is 12.8. The highest BCUT2D eigenvalue weighted by Crippen LogP contribution is 2.35. The molecule has 1 aliphatic rings. The number of halogens is 1. The van der Waals surface area contributed by atoms with Gasteiger partial charge in [0.25, 0.3) is 0 Å². The van der Waals surface area contributed by atoms with Gasteiger partial charge in [0.15, 0.2) is 5.78 Å². The molecule has 23 heavy (non-hydrogen) atoms. The Morgan fingerprint density at radius 1 is 0.870 bits per heavy atom. The van der Waals surface area contributed by atoms with E-state index in [9.17, 15) is 14.4 Å². The summed E-state index contributed by atoms with van der Waals surface area (Å²) in [5.41, 5.74) is 1.04. The van der Waals surface area contributed by atoms with E-state index in [1.807, 2.05) is 0 Å². The Bertz CT molecular complexity index is 880. The molecule has 0 saturated heterocycles. The van der Waals surface area contributed by atoms with Crippen LogP contribution in [0, 0.1) is 0 Å². The number of hydrogen-bond donors (Lipinski definition) is 0. The Balaban J connectivity index is 2.26. The number of Topliss-reactive ketones (excluding diaryl/α,β-unsaturated/α-hetero) is 2. The molecule has 0 aliphatic heterocycles. The number of rotatable bonds is 2. The van der Waals surface area contributed by atoms with E-state index in [2.05, 4.69) is 0 Å². The second-order valence-corrected chi connectivity index (χ2v) is 5.31. The summed E-state index contributed by atoms with van der Waals surface area (Å²) in [6.45, 7) is 0. The molecule has 114 valence electrons. The summed E-state index contributed by atoms with van der Waals surface area (Å²) >= 11 is 6.17. The van der Waals surface area contributed by atoms with E-state index < -0.39 is 11.8 Å². The summed E-state index contributed by atoms with van der Waals surface area (Å²) in [6, 6.07) is 12.9. The van der Waals surface area contributed by atoms with Gasteiger partial charge in [-0.05, 0) is 6.07 Å². The number of hydrogen-bond acceptors (Lipinski definition) is 4. The Morgan fingerprint density at radius 3 is 2.00 bits per heavy atom. The van der Waals surface area contributed by atoms with Gasteiger partial charge in [-0.2, -0.15) is 0 Å². The molecule has 0 atom stereocenters. The highest BCUT2D eigenvalue weighted by Gasteiger charge is 2.33. The van der Waals surface area contributed by atoms with Gasteiger partial charge < -0.3 is 4.74 Å². The number of ether oxygens (including phenoxy) is 1. The smallest absolute Gasteiger partial charge is 0.338 e. The molecule has 0 spiro atoms. The fourth-order valence-corrected chi connectivity index (χ4v) is 2.86. The SMILES string of the molecule is COC(=O)c1ccccc1C1=C(Cl)C(=O)c2ccccc2C1=O. The van der Waals surface area contributed by atoms with E-state index in [1.54, 1.807) is 42.5 Å². The maximum absolute atomic E-state index is 12.8. The molecule has 4 nitrogen and oxygen atoms in total. The maximum Gasteiger partial charge on any atom is 0.338 e. The van der Waals surface area contributed by atoms with E-state index >= 15 is 0 Å². The van der Waals surface area contributed by atoms with Crippen LogP contribution in [0.15, 0.2) is 53.6 Å². The van der Waals surface area contributed by atoms with Crippen LogP contribution in [0.2, 0.25) is 0 Å². The normalized spacial score (nSPS) is 13.8. The lowest BCUT2D eigenvalue weighted by Crippen LogP contribution is -2.20. The lowest BCUT2D eigenvalue weighted by molar-refractivity contribution is 0.0600. The fraction of sp³-hybridized carbons (Fsp3) is 0.0556. The first kappa shape index (κ1) is 15.2. The summed E-state index contributed by atoms with van der Waals surface area (Å²) in [6.07, 6.45) is 0. The third kappa shape index (κ3) is 2.37. The average molecular weight is 327 g/mol. The minimum atomic E-state index is -0.600. The standard InChI is InChI=1S/C18H11ClO4/c1-23-18(22)13-9-5-2-6-10(13)14-15(19)17(21)12-8-4-3-7-11(12)16(14)20/h2-9H,1H3. The number of esters is 1. The Labute approximate surface area is 137 Å². The van der Waals surface area contributed by atoms with E-state index in [4.69, 9.17) is 16.3 Å². The second-order valence-electron chi connectivity index (χ2n) is 4.93. The topological polar surface area (TPSA) is 60.4 Å². The van der Waals surface area contributed by atoms with Gasteiger partial charge in [0, 0.05) is 16.7 Å². The molecule has 0 unspecified atom stereocenters. The van der Waals surface area contributed by atoms with Crippen molar-refractivity contribution in [1.29, 1.82) is 0 Å². The Kier molecular flexibility index (Phi) is 3.84. The fourth-order valence-electron chi connectivity index (χ4n) is 2.57. The largest absolute Gasteiger partial charge is 0.465 e. The van der Waals surface area contributed by atoms with Crippen LogP contribution in [0.1, 0.15) is 36.6 Å². The molecular formula is C18H11ClO4. The summed E-state index contributed by atoms with van der Waals surface area (Å²) < 4.78 is 4.73. The number of ketones is 2. The summed E-state index contributed by atoms with van der Waals surface area (Å²) in [4.78, 5) is 37.2. The number of carbonyl (C=O) groups is 3. The molecule has 0 heterocycles. The lowest BCUT2D eigenvalue weighted by Gasteiger charge is -2.19. The van der Waals surface area contributed by atoms with Crippen LogP contribution in [0.5, 0.6) is 0 Å². The third-order valence-electron chi connectivity index (χ3n) is 3.66. The van der Waals surface area contributed by atoms with Crippen LogP contribution in [0.25, 0.3) is 5.57 Å². The van der Waals surface area contributed by atoms with E-state index in [1.165, 1.54) is 13.2 Å². The van der Waals surface area contributed by atoms with Crippen molar-refractivity contribution in [2.75, 3.05) is 7.11 Å². The van der Waals surface area contributed by atoms with Crippen molar-refractivity contribution in [2.24, 2.45) is 0 Å². The summed E-state index contributed by atoms with van der Waals surface area (Å²) in [5.74, 6) is -1.42. The molecule has 5 heteroatoms. The zero-order chi connectivity index (χ0) is 16.6. The number of allylic oxidation sites excluding steroid dienone is 2. The van der Waals surface area contributed by atoms with Crippen molar-refractivity contribution in [3.8, 4) is 0 Å². The third-order valence-corrected chi connectivity index (χ3v) is 4.02. The Hall–Kier alpha value is -2.72. The molecule has 1 aliphatic carbocycles. The van der Waals surface area contributed by atoms with Crippen molar-refractivity contribution in [3.05, 3.63) is 75.8 Å². The van der Waals surface area contributed by atoms with Crippen molar-refractivity contribution < 1.29 is 19.1 Å². The van der Waals surface area contributed by atoms with Crippen molar-refractivity contribution in [1.82, 2.24) is 0 Å². The van der Waals surface area contributed by atoms with E-state index in [0.717, 1.165) is 0 Å². The zero-order valence-electron chi connectivity index (χ0n) is 12.1. The number of benzene rings is 2. The van der Waals surface area contributed by atoms with Crippen molar-refractivity contribution >= 4 is 34.7 Å². The molecule has 0 bridgehead atoms. The van der Waals surface area contributed by atoms with Gasteiger partial charge in [0.05, 0.1) is 18.2 Å². The average Bonchev–Trinajstić information content (AvgIpc) is 2.60. The second kappa shape index (κ2) is 5.82. The molecule has 0 aromatic heterocycles. The van der Waals surface area contributed by atoms with Gasteiger partial charge in [0.1, 0.15) is 5.03 Å². The van der Waals surface area contributed by atoms with Crippen LogP contribution in [-0.2, 0) is 4.74 Å². The number of fused-ring (bicyclic) bond motifs is 1. The van der Waals surface area contributed by atoms with Gasteiger partial charge >= 0.3 is 5.97 Å². The van der Waals surface area contributed by atoms with Gasteiger partial charge in [-0.1, -0.05) is 54.1 Å². The molecule has 0 N–H and O–H groups in total. The predicted octanol–water partition coefficient (Wildman–Crippen LogP) is 3.50. The number of methoxy groups -OCH3 is 1. The van der Waals surface area contributed by atoms with Gasteiger partial charge in [-0.3, -0.25) is 9.59 Å². The molecule has 0 amide bonds. The van der Waals surface area contributed by atoms with Crippen LogP contribution in [0.3, 0.4) is 0 Å². The minimum Gasteiger partial charge on any atom is -0.465 e. The monoisotopic (exact) mass is 326 g/mol. The first-order chi connectivity index (χ1) is 11.1. The highest BCUT2D eigenvalue weighted by molar-refractivity contribution is 6.57. The Morgan fingerprint density at radius 2 is 1.39 bits per heavy atom. The van der Waals surface area contributed by atoms with Crippen LogP contribution in [0.4, 0.5) is 0 Å². The molecule has 2 aromatic rings. The van der Waals surface area contributed by atoms with Crippen LogP contribution in [-0.4, -0.2) is 24.6 Å². The molecule has 0 fully saturated rings. The van der Waals surface area contributed by atoms with E-state index in [0.29, 0.717) is 0 Å². The van der Waals surface area contributed by atoms with Crippen LogP contribution >= 0.6 is 11.6 Å². The molecule has 0 radical (unpaired) electrons. The first-order valence-electron chi connectivity index (χ1n) is 6.82. The summed E-state index contributed by atoms with van der Waals surface area (Å²) in [7, 11) is 1.25. The van der Waals surface area contributed by atoms with Gasteiger partial charge in [-0.15, -0.1) is 0 Å². The zero-order valence-corrected chi connectivity index (χ0v) is 12.9. The molecular weight excluding hydrogens is 316 g/mol. The highest BCUT2D eigenvalue weighted by atomic mass is 35.5. The molecule has 0 saturated carbocycles. The molecule has 3 rings (SSSR count). The summed E-state index contributed by atoms with van der Waals surface area (Å²) in [5, 5.41) is -0.190. The molecule has 2 aromatic carbocycles.